The quantitative estimate of drug-likeness (QED) is 0.643. The standard InChI is InChI=1S/C18H21FSi/c1-18(2,3)12-9-10-13-16(11-12)20(4,5)15-8-6-7-14(19)17(13)15/h6-11H,1-5H3. The predicted molar refractivity (Wildman–Crippen MR) is 87.3 cm³/mol. The molecule has 0 aliphatic carbocycles. The molecule has 0 fully saturated rings. The topological polar surface area (TPSA) is 0 Å². The van der Waals surface area contributed by atoms with Crippen LogP contribution in [0.25, 0.3) is 11.1 Å². The molecule has 2 heteroatoms. The Morgan fingerprint density at radius 3 is 2.30 bits per heavy atom. The Kier molecular flexibility index (Phi) is 2.74. The lowest BCUT2D eigenvalue weighted by atomic mass is 9.86. The summed E-state index contributed by atoms with van der Waals surface area (Å²) < 4.78 is 14.3. The van der Waals surface area contributed by atoms with Gasteiger partial charge in [-0.25, -0.2) is 4.39 Å². The van der Waals surface area contributed by atoms with Crippen molar-refractivity contribution in [2.24, 2.45) is 0 Å². The lowest BCUT2D eigenvalue weighted by Crippen LogP contribution is -2.49. The van der Waals surface area contributed by atoms with E-state index >= 15 is 0 Å². The first kappa shape index (κ1) is 13.6. The van der Waals surface area contributed by atoms with Crippen LogP contribution in [0.4, 0.5) is 4.39 Å². The zero-order valence-corrected chi connectivity index (χ0v) is 13.8. The molecule has 0 N–H and O–H groups in total. The maximum absolute atomic E-state index is 14.3. The van der Waals surface area contributed by atoms with Crippen LogP contribution < -0.4 is 10.4 Å². The van der Waals surface area contributed by atoms with Crippen LogP contribution >= 0.6 is 0 Å². The lowest BCUT2D eigenvalue weighted by Gasteiger charge is -2.23. The molecule has 2 aromatic rings. The Bertz CT molecular complexity index is 693. The second-order valence-corrected chi connectivity index (χ2v) is 11.6. The van der Waals surface area contributed by atoms with Crippen LogP contribution in [0.1, 0.15) is 26.3 Å². The van der Waals surface area contributed by atoms with Gasteiger partial charge in [-0.05, 0) is 33.0 Å². The highest BCUT2D eigenvalue weighted by Crippen LogP contribution is 2.32. The first-order chi connectivity index (χ1) is 9.23. The summed E-state index contributed by atoms with van der Waals surface area (Å²) in [4.78, 5) is 0. The maximum atomic E-state index is 14.3. The summed E-state index contributed by atoms with van der Waals surface area (Å²) in [6.07, 6.45) is 0. The van der Waals surface area contributed by atoms with E-state index < -0.39 is 8.07 Å². The van der Waals surface area contributed by atoms with Crippen molar-refractivity contribution in [1.29, 1.82) is 0 Å². The van der Waals surface area contributed by atoms with E-state index in [4.69, 9.17) is 0 Å². The van der Waals surface area contributed by atoms with Crippen LogP contribution in [0.5, 0.6) is 0 Å². The molecule has 0 nitrogen and oxygen atoms in total. The summed E-state index contributed by atoms with van der Waals surface area (Å²) in [5, 5.41) is 2.61. The van der Waals surface area contributed by atoms with Gasteiger partial charge in [-0.3, -0.25) is 0 Å². The molecule has 1 heterocycles. The zero-order valence-electron chi connectivity index (χ0n) is 12.8. The minimum atomic E-state index is -1.76. The van der Waals surface area contributed by atoms with Gasteiger partial charge in [0, 0.05) is 5.56 Å². The third-order valence-corrected chi connectivity index (χ3v) is 8.04. The SMILES string of the molecule is CC(C)(C)c1ccc2c(c1)[Si](C)(C)c1cccc(F)c1-2. The first-order valence-electron chi connectivity index (χ1n) is 7.17. The van der Waals surface area contributed by atoms with Gasteiger partial charge in [-0.15, -0.1) is 0 Å². The van der Waals surface area contributed by atoms with Crippen molar-refractivity contribution in [3.63, 3.8) is 0 Å². The highest BCUT2D eigenvalue weighted by Gasteiger charge is 2.39. The number of benzene rings is 2. The Morgan fingerprint density at radius 1 is 0.950 bits per heavy atom. The molecule has 104 valence electrons. The fourth-order valence-electron chi connectivity index (χ4n) is 3.21. The van der Waals surface area contributed by atoms with E-state index in [0.717, 1.165) is 11.1 Å². The second kappa shape index (κ2) is 4.04. The van der Waals surface area contributed by atoms with Crippen LogP contribution in [0.3, 0.4) is 0 Å². The molecular formula is C18H21FSi. The first-order valence-corrected chi connectivity index (χ1v) is 10.2. The summed E-state index contributed by atoms with van der Waals surface area (Å²) in [6.45, 7) is 11.3. The fraction of sp³-hybridized carbons (Fsp3) is 0.333. The Morgan fingerprint density at radius 2 is 1.65 bits per heavy atom. The van der Waals surface area contributed by atoms with E-state index in [-0.39, 0.29) is 11.2 Å². The summed E-state index contributed by atoms with van der Waals surface area (Å²) in [5.74, 6) is -0.0784. The molecule has 1 aliphatic heterocycles. The number of halogens is 1. The van der Waals surface area contributed by atoms with E-state index in [1.54, 1.807) is 6.07 Å². The number of hydrogen-bond acceptors (Lipinski definition) is 0. The van der Waals surface area contributed by atoms with Gasteiger partial charge in [0.15, 0.2) is 0 Å². The molecular weight excluding hydrogens is 263 g/mol. The van der Waals surface area contributed by atoms with Gasteiger partial charge >= 0.3 is 0 Å². The molecule has 0 spiro atoms. The Hall–Kier alpha value is -1.41. The van der Waals surface area contributed by atoms with Gasteiger partial charge < -0.3 is 0 Å². The molecule has 0 radical (unpaired) electrons. The van der Waals surface area contributed by atoms with Crippen molar-refractivity contribution in [2.75, 3.05) is 0 Å². The molecule has 1 aliphatic rings. The van der Waals surface area contributed by atoms with Crippen molar-refractivity contribution in [3.8, 4) is 11.1 Å². The largest absolute Gasteiger partial charge is 0.206 e. The van der Waals surface area contributed by atoms with Crippen molar-refractivity contribution in [2.45, 2.75) is 39.3 Å². The van der Waals surface area contributed by atoms with Crippen LogP contribution in [-0.2, 0) is 5.41 Å². The van der Waals surface area contributed by atoms with Gasteiger partial charge in [0.2, 0.25) is 0 Å². The molecule has 0 saturated heterocycles. The van der Waals surface area contributed by atoms with Crippen molar-refractivity contribution in [3.05, 3.63) is 47.8 Å². The number of fused-ring (bicyclic) bond motifs is 3. The molecule has 0 amide bonds. The van der Waals surface area contributed by atoms with Crippen LogP contribution in [0, 0.1) is 5.82 Å². The van der Waals surface area contributed by atoms with Crippen LogP contribution in [0.15, 0.2) is 36.4 Å². The fourth-order valence-corrected chi connectivity index (χ4v) is 6.29. The minimum Gasteiger partial charge on any atom is -0.206 e. The summed E-state index contributed by atoms with van der Waals surface area (Å²) in [5.41, 5.74) is 3.43. The Labute approximate surface area is 121 Å². The van der Waals surface area contributed by atoms with E-state index in [9.17, 15) is 4.39 Å². The van der Waals surface area contributed by atoms with E-state index in [0.29, 0.717) is 0 Å². The molecule has 0 saturated carbocycles. The normalized spacial score (nSPS) is 15.9. The van der Waals surface area contributed by atoms with E-state index in [1.165, 1.54) is 15.9 Å². The maximum Gasteiger partial charge on any atom is 0.130 e. The van der Waals surface area contributed by atoms with Gasteiger partial charge in [0.25, 0.3) is 0 Å². The van der Waals surface area contributed by atoms with Crippen LogP contribution in [-0.4, -0.2) is 8.07 Å². The minimum absolute atomic E-state index is 0.0784. The molecule has 3 rings (SSSR count). The average molecular weight is 284 g/mol. The van der Waals surface area contributed by atoms with Crippen molar-refractivity contribution in [1.82, 2.24) is 0 Å². The Balaban J connectivity index is 2.31. The highest BCUT2D eigenvalue weighted by atomic mass is 28.3. The highest BCUT2D eigenvalue weighted by molar-refractivity contribution is 7.03. The molecule has 0 unspecified atom stereocenters. The van der Waals surface area contributed by atoms with Crippen LogP contribution in [0.2, 0.25) is 13.1 Å². The lowest BCUT2D eigenvalue weighted by molar-refractivity contribution is 0.591. The molecule has 0 atom stereocenters. The molecule has 2 aromatic carbocycles. The third-order valence-electron chi connectivity index (χ3n) is 4.52. The monoisotopic (exact) mass is 284 g/mol. The van der Waals surface area contributed by atoms with Crippen molar-refractivity contribution >= 4 is 18.4 Å². The number of rotatable bonds is 0. The predicted octanol–water partition coefficient (Wildman–Crippen LogP) is 3.93. The smallest absolute Gasteiger partial charge is 0.130 e. The second-order valence-electron chi connectivity index (χ2n) is 7.30. The average Bonchev–Trinajstić information content (AvgIpc) is 2.59. The van der Waals surface area contributed by atoms with Gasteiger partial charge in [-0.1, -0.05) is 64.2 Å². The summed E-state index contributed by atoms with van der Waals surface area (Å²) in [7, 11) is -1.76. The van der Waals surface area contributed by atoms with Gasteiger partial charge in [0.1, 0.15) is 13.9 Å². The van der Waals surface area contributed by atoms with E-state index in [1.807, 2.05) is 6.07 Å². The van der Waals surface area contributed by atoms with Gasteiger partial charge in [-0.2, -0.15) is 0 Å². The van der Waals surface area contributed by atoms with E-state index in [2.05, 4.69) is 58.1 Å². The molecule has 20 heavy (non-hydrogen) atoms. The molecule has 0 aromatic heterocycles. The van der Waals surface area contributed by atoms with Gasteiger partial charge in [0.05, 0.1) is 0 Å². The number of hydrogen-bond donors (Lipinski definition) is 0. The third kappa shape index (κ3) is 1.78. The molecule has 0 bridgehead atoms. The summed E-state index contributed by atoms with van der Waals surface area (Å²) >= 11 is 0. The van der Waals surface area contributed by atoms with Crippen molar-refractivity contribution < 1.29 is 4.39 Å². The summed E-state index contributed by atoms with van der Waals surface area (Å²) in [6, 6.07) is 12.1. The zero-order chi connectivity index (χ0) is 14.7.